The van der Waals surface area contributed by atoms with Crippen molar-refractivity contribution in [2.75, 3.05) is 6.54 Å². The van der Waals surface area contributed by atoms with Gasteiger partial charge in [0.2, 0.25) is 0 Å². The quantitative estimate of drug-likeness (QED) is 0.842. The highest BCUT2D eigenvalue weighted by atomic mass is 16.3. The highest BCUT2D eigenvalue weighted by Crippen LogP contribution is 2.38. The molecule has 0 saturated heterocycles. The predicted octanol–water partition coefficient (Wildman–Crippen LogP) is 2.42. The minimum Gasteiger partial charge on any atom is -0.392 e. The van der Waals surface area contributed by atoms with E-state index in [1.165, 1.54) is 17.5 Å². The van der Waals surface area contributed by atoms with E-state index in [0.717, 1.165) is 25.7 Å². The molecule has 2 atom stereocenters. The number of aryl methyl sites for hydroxylation is 1. The van der Waals surface area contributed by atoms with Gasteiger partial charge in [-0.15, -0.1) is 0 Å². The van der Waals surface area contributed by atoms with E-state index >= 15 is 0 Å². The zero-order valence-electron chi connectivity index (χ0n) is 10.7. The van der Waals surface area contributed by atoms with Gasteiger partial charge in [0, 0.05) is 12.0 Å². The summed E-state index contributed by atoms with van der Waals surface area (Å²) in [5.41, 5.74) is 8.43. The molecule has 0 heterocycles. The van der Waals surface area contributed by atoms with Crippen LogP contribution in [0.15, 0.2) is 24.3 Å². The summed E-state index contributed by atoms with van der Waals surface area (Å²) in [5, 5.41) is 10.3. The fourth-order valence-electron chi connectivity index (χ4n) is 2.92. The van der Waals surface area contributed by atoms with E-state index < -0.39 is 0 Å². The minimum absolute atomic E-state index is 0.0898. The third-order valence-corrected chi connectivity index (χ3v) is 4.19. The molecule has 1 aliphatic rings. The average Bonchev–Trinajstić information content (AvgIpc) is 2.35. The fraction of sp³-hybridized carbons (Fsp3) is 0.600. The van der Waals surface area contributed by atoms with Crippen LogP contribution in [0.25, 0.3) is 0 Å². The second-order valence-electron chi connectivity index (χ2n) is 5.49. The molecular weight excluding hydrogens is 210 g/mol. The van der Waals surface area contributed by atoms with Crippen LogP contribution in [0.3, 0.4) is 0 Å². The number of hydrogen-bond acceptors (Lipinski definition) is 2. The molecule has 3 N–H and O–H groups in total. The Labute approximate surface area is 104 Å². The first-order valence-electron chi connectivity index (χ1n) is 6.60. The summed E-state index contributed by atoms with van der Waals surface area (Å²) in [6, 6.07) is 8.59. The average molecular weight is 233 g/mol. The molecule has 2 heteroatoms. The van der Waals surface area contributed by atoms with Crippen molar-refractivity contribution in [2.24, 2.45) is 11.1 Å². The van der Waals surface area contributed by atoms with E-state index in [9.17, 15) is 5.11 Å². The maximum atomic E-state index is 10.3. The molecule has 0 amide bonds. The summed E-state index contributed by atoms with van der Waals surface area (Å²) in [4.78, 5) is 0. The maximum absolute atomic E-state index is 10.3. The van der Waals surface area contributed by atoms with Crippen molar-refractivity contribution < 1.29 is 5.11 Å². The van der Waals surface area contributed by atoms with E-state index in [0.29, 0.717) is 6.54 Å². The van der Waals surface area contributed by atoms with Gasteiger partial charge < -0.3 is 10.8 Å². The molecule has 0 aliphatic heterocycles. The number of nitrogens with two attached hydrogens (primary N) is 1. The normalized spacial score (nSPS) is 29.2. The summed E-state index contributed by atoms with van der Waals surface area (Å²) >= 11 is 0. The molecule has 94 valence electrons. The van der Waals surface area contributed by atoms with Gasteiger partial charge in [-0.05, 0) is 31.7 Å². The van der Waals surface area contributed by atoms with Gasteiger partial charge in [-0.2, -0.15) is 0 Å². The van der Waals surface area contributed by atoms with Crippen LogP contribution in [-0.2, 0) is 6.42 Å². The van der Waals surface area contributed by atoms with Crippen LogP contribution >= 0.6 is 0 Å². The van der Waals surface area contributed by atoms with E-state index in [2.05, 4.69) is 31.2 Å². The number of aliphatic hydroxyl groups is 1. The number of rotatable bonds is 3. The molecule has 0 radical (unpaired) electrons. The number of benzene rings is 1. The second kappa shape index (κ2) is 5.19. The zero-order valence-corrected chi connectivity index (χ0v) is 10.7. The zero-order chi connectivity index (χ0) is 12.3. The third kappa shape index (κ3) is 2.70. The van der Waals surface area contributed by atoms with E-state index in [1.807, 2.05) is 0 Å². The SMILES string of the molecule is Cc1ccc(CC2(CN)CCCCC2O)cc1. The molecule has 1 aliphatic carbocycles. The van der Waals surface area contributed by atoms with Gasteiger partial charge in [-0.1, -0.05) is 42.7 Å². The van der Waals surface area contributed by atoms with Crippen LogP contribution in [0.5, 0.6) is 0 Å². The summed E-state index contributed by atoms with van der Waals surface area (Å²) in [6.07, 6.45) is 4.96. The van der Waals surface area contributed by atoms with Crippen LogP contribution in [0, 0.1) is 12.3 Å². The number of hydrogen-bond donors (Lipinski definition) is 2. The molecule has 2 unspecified atom stereocenters. The summed E-state index contributed by atoms with van der Waals surface area (Å²) in [7, 11) is 0. The molecule has 1 saturated carbocycles. The summed E-state index contributed by atoms with van der Waals surface area (Å²) in [5.74, 6) is 0. The molecule has 0 spiro atoms. The van der Waals surface area contributed by atoms with E-state index in [1.54, 1.807) is 0 Å². The van der Waals surface area contributed by atoms with Crippen molar-refractivity contribution in [3.63, 3.8) is 0 Å². The van der Waals surface area contributed by atoms with Crippen LogP contribution in [0.2, 0.25) is 0 Å². The molecule has 17 heavy (non-hydrogen) atoms. The number of aliphatic hydroxyl groups excluding tert-OH is 1. The molecule has 1 aromatic rings. The molecule has 2 rings (SSSR count). The Hall–Kier alpha value is -0.860. The van der Waals surface area contributed by atoms with E-state index in [-0.39, 0.29) is 11.5 Å². The lowest BCUT2D eigenvalue weighted by Gasteiger charge is -2.41. The van der Waals surface area contributed by atoms with Crippen LogP contribution < -0.4 is 5.73 Å². The van der Waals surface area contributed by atoms with Gasteiger partial charge in [0.15, 0.2) is 0 Å². The highest BCUT2D eigenvalue weighted by Gasteiger charge is 2.38. The molecule has 1 fully saturated rings. The van der Waals surface area contributed by atoms with Gasteiger partial charge in [0.05, 0.1) is 6.10 Å². The first-order chi connectivity index (χ1) is 8.16. The topological polar surface area (TPSA) is 46.2 Å². The van der Waals surface area contributed by atoms with Crippen molar-refractivity contribution in [1.29, 1.82) is 0 Å². The van der Waals surface area contributed by atoms with Crippen LogP contribution in [0.1, 0.15) is 36.8 Å². The Morgan fingerprint density at radius 3 is 2.59 bits per heavy atom. The fourth-order valence-corrected chi connectivity index (χ4v) is 2.92. The summed E-state index contributed by atoms with van der Waals surface area (Å²) in [6.45, 7) is 2.68. The van der Waals surface area contributed by atoms with Crippen LogP contribution in [0.4, 0.5) is 0 Å². The Bertz CT molecular complexity index is 360. The van der Waals surface area contributed by atoms with Crippen LogP contribution in [-0.4, -0.2) is 17.8 Å². The molecule has 2 nitrogen and oxygen atoms in total. The van der Waals surface area contributed by atoms with Gasteiger partial charge in [-0.3, -0.25) is 0 Å². The molecule has 0 aromatic heterocycles. The van der Waals surface area contributed by atoms with Crippen molar-refractivity contribution in [1.82, 2.24) is 0 Å². The molecule has 1 aromatic carbocycles. The maximum Gasteiger partial charge on any atom is 0.0611 e. The molecule has 0 bridgehead atoms. The summed E-state index contributed by atoms with van der Waals surface area (Å²) < 4.78 is 0. The van der Waals surface area contributed by atoms with Crippen molar-refractivity contribution in [3.05, 3.63) is 35.4 Å². The Morgan fingerprint density at radius 2 is 2.00 bits per heavy atom. The van der Waals surface area contributed by atoms with Crippen molar-refractivity contribution >= 4 is 0 Å². The minimum atomic E-state index is -0.234. The Kier molecular flexibility index (Phi) is 3.85. The lowest BCUT2D eigenvalue weighted by Crippen LogP contribution is -2.45. The Balaban J connectivity index is 2.15. The third-order valence-electron chi connectivity index (χ3n) is 4.19. The van der Waals surface area contributed by atoms with Gasteiger partial charge in [0.1, 0.15) is 0 Å². The predicted molar refractivity (Wildman–Crippen MR) is 70.8 cm³/mol. The van der Waals surface area contributed by atoms with E-state index in [4.69, 9.17) is 5.73 Å². The van der Waals surface area contributed by atoms with Gasteiger partial charge in [-0.25, -0.2) is 0 Å². The van der Waals surface area contributed by atoms with Crippen molar-refractivity contribution in [3.8, 4) is 0 Å². The smallest absolute Gasteiger partial charge is 0.0611 e. The highest BCUT2D eigenvalue weighted by molar-refractivity contribution is 5.23. The van der Waals surface area contributed by atoms with Gasteiger partial charge >= 0.3 is 0 Å². The van der Waals surface area contributed by atoms with Gasteiger partial charge in [0.25, 0.3) is 0 Å². The monoisotopic (exact) mass is 233 g/mol. The lowest BCUT2D eigenvalue weighted by atomic mass is 9.68. The molecular formula is C15H23NO. The first kappa shape index (κ1) is 12.6. The standard InChI is InChI=1S/C15H23NO/c1-12-5-7-13(8-6-12)10-15(11-16)9-3-2-4-14(15)17/h5-8,14,17H,2-4,9-11,16H2,1H3. The lowest BCUT2D eigenvalue weighted by molar-refractivity contribution is -0.00584. The largest absolute Gasteiger partial charge is 0.392 e. The van der Waals surface area contributed by atoms with Crippen molar-refractivity contribution in [2.45, 2.75) is 45.1 Å². The second-order valence-corrected chi connectivity index (χ2v) is 5.49. The first-order valence-corrected chi connectivity index (χ1v) is 6.60. The Morgan fingerprint density at radius 1 is 1.29 bits per heavy atom.